The lowest BCUT2D eigenvalue weighted by molar-refractivity contribution is 0.439. The second-order valence-corrected chi connectivity index (χ2v) is 5.93. The monoisotopic (exact) mass is 387 g/mol. The summed E-state index contributed by atoms with van der Waals surface area (Å²) in [5, 5.41) is 0. The van der Waals surface area contributed by atoms with Crippen molar-refractivity contribution in [3.05, 3.63) is 56.7 Å². The third kappa shape index (κ3) is 3.55. The summed E-state index contributed by atoms with van der Waals surface area (Å²) >= 11 is 6.72. The third-order valence-electron chi connectivity index (χ3n) is 2.60. The molecular formula is C14H12Br2FNO. The van der Waals surface area contributed by atoms with Crippen molar-refractivity contribution >= 4 is 31.9 Å². The van der Waals surface area contributed by atoms with E-state index in [1.54, 1.807) is 25.1 Å². The number of nitrogens with two attached hydrogens (primary N) is 1. The minimum atomic E-state index is -0.426. The lowest BCUT2D eigenvalue weighted by Gasteiger charge is -2.11. The van der Waals surface area contributed by atoms with Crippen LogP contribution in [0.5, 0.6) is 11.5 Å². The van der Waals surface area contributed by atoms with E-state index in [1.165, 1.54) is 6.07 Å². The fraction of sp³-hybridized carbons (Fsp3) is 0.143. The molecule has 2 N–H and O–H groups in total. The molecule has 19 heavy (non-hydrogen) atoms. The number of benzene rings is 2. The molecule has 0 saturated carbocycles. The Hall–Kier alpha value is -0.910. The van der Waals surface area contributed by atoms with Gasteiger partial charge in [0.15, 0.2) is 11.6 Å². The molecule has 2 aromatic rings. The van der Waals surface area contributed by atoms with Gasteiger partial charge in [-0.05, 0) is 58.7 Å². The van der Waals surface area contributed by atoms with Crippen LogP contribution in [0.4, 0.5) is 4.39 Å². The normalized spacial score (nSPS) is 12.3. The summed E-state index contributed by atoms with van der Waals surface area (Å²) < 4.78 is 21.1. The zero-order chi connectivity index (χ0) is 14.0. The third-order valence-corrected chi connectivity index (χ3v) is 3.71. The van der Waals surface area contributed by atoms with Gasteiger partial charge < -0.3 is 10.5 Å². The van der Waals surface area contributed by atoms with Crippen LogP contribution in [0.3, 0.4) is 0 Å². The van der Waals surface area contributed by atoms with Gasteiger partial charge in [0.1, 0.15) is 5.75 Å². The standard InChI is InChI=1S/C14H12Br2FNO/c1-8(18)9-2-4-14(12(17)6-9)19-13-5-3-10(15)7-11(13)16/h2-8H,18H2,1H3/t8-/m0/s1. The van der Waals surface area contributed by atoms with E-state index in [0.717, 1.165) is 14.5 Å². The quantitative estimate of drug-likeness (QED) is 0.787. The van der Waals surface area contributed by atoms with E-state index < -0.39 is 5.82 Å². The van der Waals surface area contributed by atoms with Gasteiger partial charge in [0, 0.05) is 10.5 Å². The van der Waals surface area contributed by atoms with Crippen LogP contribution in [0, 0.1) is 5.82 Å². The lowest BCUT2D eigenvalue weighted by atomic mass is 10.1. The highest BCUT2D eigenvalue weighted by molar-refractivity contribution is 9.11. The molecular weight excluding hydrogens is 377 g/mol. The van der Waals surface area contributed by atoms with Gasteiger partial charge in [0.2, 0.25) is 0 Å². The molecule has 0 bridgehead atoms. The maximum Gasteiger partial charge on any atom is 0.166 e. The molecule has 0 heterocycles. The topological polar surface area (TPSA) is 35.2 Å². The van der Waals surface area contributed by atoms with Crippen molar-refractivity contribution in [3.63, 3.8) is 0 Å². The van der Waals surface area contributed by atoms with E-state index in [-0.39, 0.29) is 11.8 Å². The van der Waals surface area contributed by atoms with Crippen LogP contribution < -0.4 is 10.5 Å². The van der Waals surface area contributed by atoms with Gasteiger partial charge in [-0.2, -0.15) is 0 Å². The molecule has 0 aliphatic carbocycles. The molecule has 5 heteroatoms. The molecule has 0 aromatic heterocycles. The average Bonchev–Trinajstić information content (AvgIpc) is 2.34. The van der Waals surface area contributed by atoms with Crippen molar-refractivity contribution in [2.45, 2.75) is 13.0 Å². The smallest absolute Gasteiger partial charge is 0.166 e. The summed E-state index contributed by atoms with van der Waals surface area (Å²) in [6, 6.07) is 9.96. The largest absolute Gasteiger partial charge is 0.453 e. The van der Waals surface area contributed by atoms with Crippen LogP contribution >= 0.6 is 31.9 Å². The van der Waals surface area contributed by atoms with E-state index in [4.69, 9.17) is 10.5 Å². The van der Waals surface area contributed by atoms with Gasteiger partial charge in [-0.3, -0.25) is 0 Å². The van der Waals surface area contributed by atoms with Gasteiger partial charge in [-0.25, -0.2) is 4.39 Å². The highest BCUT2D eigenvalue weighted by atomic mass is 79.9. The average molecular weight is 389 g/mol. The predicted molar refractivity (Wildman–Crippen MR) is 80.9 cm³/mol. The minimum absolute atomic E-state index is 0.174. The first-order chi connectivity index (χ1) is 8.97. The number of rotatable bonds is 3. The Balaban J connectivity index is 2.28. The molecule has 0 unspecified atom stereocenters. The Labute approximate surface area is 128 Å². The minimum Gasteiger partial charge on any atom is -0.453 e. The van der Waals surface area contributed by atoms with Crippen LogP contribution in [-0.2, 0) is 0 Å². The van der Waals surface area contributed by atoms with Gasteiger partial charge >= 0.3 is 0 Å². The first-order valence-corrected chi connectivity index (χ1v) is 7.24. The molecule has 0 spiro atoms. The highest BCUT2D eigenvalue weighted by Crippen LogP contribution is 2.33. The van der Waals surface area contributed by atoms with Crippen molar-refractivity contribution < 1.29 is 9.13 Å². The Morgan fingerprint density at radius 2 is 1.79 bits per heavy atom. The Kier molecular flexibility index (Phi) is 4.60. The molecule has 2 nitrogen and oxygen atoms in total. The van der Waals surface area contributed by atoms with Crippen LogP contribution in [-0.4, -0.2) is 0 Å². The first kappa shape index (κ1) is 14.5. The second-order valence-electron chi connectivity index (χ2n) is 4.16. The summed E-state index contributed by atoms with van der Waals surface area (Å²) in [4.78, 5) is 0. The van der Waals surface area contributed by atoms with Crippen molar-refractivity contribution in [2.75, 3.05) is 0 Å². The molecule has 100 valence electrons. The van der Waals surface area contributed by atoms with Crippen molar-refractivity contribution in [1.82, 2.24) is 0 Å². The Morgan fingerprint density at radius 1 is 1.11 bits per heavy atom. The van der Waals surface area contributed by atoms with Crippen LogP contribution in [0.1, 0.15) is 18.5 Å². The van der Waals surface area contributed by atoms with Crippen molar-refractivity contribution in [1.29, 1.82) is 0 Å². The number of halogens is 3. The van der Waals surface area contributed by atoms with Gasteiger partial charge in [0.25, 0.3) is 0 Å². The van der Waals surface area contributed by atoms with Crippen molar-refractivity contribution in [2.24, 2.45) is 5.73 Å². The maximum atomic E-state index is 13.9. The number of ether oxygens (including phenoxy) is 1. The molecule has 0 aliphatic rings. The summed E-state index contributed by atoms with van der Waals surface area (Å²) in [6.07, 6.45) is 0. The zero-order valence-corrected chi connectivity index (χ0v) is 13.3. The van der Waals surface area contributed by atoms with E-state index in [0.29, 0.717) is 5.75 Å². The van der Waals surface area contributed by atoms with E-state index >= 15 is 0 Å². The Bertz CT molecular complexity index is 602. The van der Waals surface area contributed by atoms with Crippen molar-refractivity contribution in [3.8, 4) is 11.5 Å². The fourth-order valence-corrected chi connectivity index (χ4v) is 2.69. The molecule has 0 amide bonds. The number of hydrogen-bond acceptors (Lipinski definition) is 2. The lowest BCUT2D eigenvalue weighted by Crippen LogP contribution is -2.05. The Morgan fingerprint density at radius 3 is 2.37 bits per heavy atom. The molecule has 0 saturated heterocycles. The van der Waals surface area contributed by atoms with Gasteiger partial charge in [-0.15, -0.1) is 0 Å². The highest BCUT2D eigenvalue weighted by Gasteiger charge is 2.10. The fourth-order valence-electron chi connectivity index (χ4n) is 1.56. The van der Waals surface area contributed by atoms with Gasteiger partial charge in [0.05, 0.1) is 4.47 Å². The molecule has 0 aliphatic heterocycles. The molecule has 2 rings (SSSR count). The predicted octanol–water partition coefficient (Wildman–Crippen LogP) is 5.16. The molecule has 1 atom stereocenters. The number of hydrogen-bond donors (Lipinski definition) is 1. The van der Waals surface area contributed by atoms with Crippen LogP contribution in [0.25, 0.3) is 0 Å². The second kappa shape index (κ2) is 6.03. The maximum absolute atomic E-state index is 13.9. The molecule has 0 radical (unpaired) electrons. The van der Waals surface area contributed by atoms with E-state index in [9.17, 15) is 4.39 Å². The SMILES string of the molecule is C[C@H](N)c1ccc(Oc2ccc(Br)cc2Br)c(F)c1. The van der Waals surface area contributed by atoms with Gasteiger partial charge in [-0.1, -0.05) is 22.0 Å². The summed E-state index contributed by atoms with van der Waals surface area (Å²) in [5.41, 5.74) is 6.44. The van der Waals surface area contributed by atoms with E-state index in [2.05, 4.69) is 31.9 Å². The summed E-state index contributed by atoms with van der Waals surface area (Å²) in [7, 11) is 0. The summed E-state index contributed by atoms with van der Waals surface area (Å²) in [6.45, 7) is 1.81. The first-order valence-electron chi connectivity index (χ1n) is 5.65. The van der Waals surface area contributed by atoms with Crippen LogP contribution in [0.2, 0.25) is 0 Å². The molecule has 0 fully saturated rings. The van der Waals surface area contributed by atoms with Crippen LogP contribution in [0.15, 0.2) is 45.3 Å². The van der Waals surface area contributed by atoms with E-state index in [1.807, 2.05) is 12.1 Å². The molecule has 2 aromatic carbocycles. The zero-order valence-electron chi connectivity index (χ0n) is 10.2. The summed E-state index contributed by atoms with van der Waals surface area (Å²) in [5.74, 6) is 0.299.